The molecule has 0 spiro atoms. The molecule has 20 heavy (non-hydrogen) atoms. The van der Waals surface area contributed by atoms with Crippen molar-refractivity contribution in [2.45, 2.75) is 25.7 Å². The number of nitrogens with zero attached hydrogens (tertiary/aromatic N) is 2. The second-order valence-corrected chi connectivity index (χ2v) is 4.81. The maximum atomic E-state index is 12.9. The summed E-state index contributed by atoms with van der Waals surface area (Å²) in [6.07, 6.45) is 2.26. The van der Waals surface area contributed by atoms with Crippen molar-refractivity contribution >= 4 is 5.82 Å². The van der Waals surface area contributed by atoms with Crippen LogP contribution >= 0.6 is 0 Å². The van der Waals surface area contributed by atoms with Crippen molar-refractivity contribution in [3.63, 3.8) is 0 Å². The number of anilines is 1. The fourth-order valence-corrected chi connectivity index (χ4v) is 1.91. The number of benzene rings is 1. The van der Waals surface area contributed by atoms with Gasteiger partial charge in [0.1, 0.15) is 23.2 Å². The lowest BCUT2D eigenvalue weighted by molar-refractivity contribution is 0.457. The van der Waals surface area contributed by atoms with Crippen molar-refractivity contribution in [2.24, 2.45) is 0 Å². The summed E-state index contributed by atoms with van der Waals surface area (Å²) in [5.74, 6) is 2.80. The zero-order valence-corrected chi connectivity index (χ0v) is 11.3. The third kappa shape index (κ3) is 3.04. The van der Waals surface area contributed by atoms with Crippen LogP contribution in [-0.2, 0) is 0 Å². The lowest BCUT2D eigenvalue weighted by Crippen LogP contribution is -2.04. The van der Waals surface area contributed by atoms with Gasteiger partial charge < -0.3 is 10.1 Å². The summed E-state index contributed by atoms with van der Waals surface area (Å²) >= 11 is 0. The van der Waals surface area contributed by atoms with Gasteiger partial charge in [0.05, 0.1) is 0 Å². The average molecular weight is 273 g/mol. The van der Waals surface area contributed by atoms with Crippen LogP contribution in [0.4, 0.5) is 10.2 Å². The third-order valence-corrected chi connectivity index (χ3v) is 3.06. The molecule has 1 fully saturated rings. The Balaban J connectivity index is 1.85. The van der Waals surface area contributed by atoms with Gasteiger partial charge in [-0.2, -0.15) is 4.98 Å². The molecule has 5 heteroatoms. The van der Waals surface area contributed by atoms with E-state index in [1.54, 1.807) is 18.2 Å². The van der Waals surface area contributed by atoms with Crippen molar-refractivity contribution in [1.82, 2.24) is 9.97 Å². The van der Waals surface area contributed by atoms with Crippen molar-refractivity contribution < 1.29 is 9.13 Å². The first-order valence-electron chi connectivity index (χ1n) is 6.81. The summed E-state index contributed by atoms with van der Waals surface area (Å²) in [5.41, 5.74) is 0. The molecular weight excluding hydrogens is 257 g/mol. The highest BCUT2D eigenvalue weighted by Crippen LogP contribution is 2.39. The Kier molecular flexibility index (Phi) is 3.50. The van der Waals surface area contributed by atoms with Gasteiger partial charge in [-0.15, -0.1) is 0 Å². The fourth-order valence-electron chi connectivity index (χ4n) is 1.91. The molecule has 0 amide bonds. The van der Waals surface area contributed by atoms with Gasteiger partial charge >= 0.3 is 0 Å². The van der Waals surface area contributed by atoms with E-state index >= 15 is 0 Å². The van der Waals surface area contributed by atoms with Gasteiger partial charge in [-0.25, -0.2) is 9.37 Å². The minimum absolute atomic E-state index is 0.285. The van der Waals surface area contributed by atoms with E-state index in [0.29, 0.717) is 17.5 Å². The maximum absolute atomic E-state index is 12.9. The fraction of sp³-hybridized carbons (Fsp3) is 0.333. The molecule has 1 aliphatic carbocycles. The summed E-state index contributed by atoms with van der Waals surface area (Å²) in [6.45, 7) is 2.80. The van der Waals surface area contributed by atoms with Gasteiger partial charge in [0.2, 0.25) is 5.88 Å². The summed E-state index contributed by atoms with van der Waals surface area (Å²) in [7, 11) is 0. The smallest absolute Gasteiger partial charge is 0.224 e. The Morgan fingerprint density at radius 2 is 2.00 bits per heavy atom. The van der Waals surface area contributed by atoms with Gasteiger partial charge in [-0.3, -0.25) is 0 Å². The summed E-state index contributed by atoms with van der Waals surface area (Å²) in [5, 5.41) is 3.17. The van der Waals surface area contributed by atoms with E-state index in [4.69, 9.17) is 4.74 Å². The van der Waals surface area contributed by atoms with Crippen LogP contribution in [0.25, 0.3) is 0 Å². The van der Waals surface area contributed by atoms with Crippen LogP contribution in [0.2, 0.25) is 0 Å². The highest BCUT2D eigenvalue weighted by Gasteiger charge is 2.27. The summed E-state index contributed by atoms with van der Waals surface area (Å²) in [4.78, 5) is 8.91. The molecule has 0 atom stereocenters. The lowest BCUT2D eigenvalue weighted by Gasteiger charge is -2.09. The number of halogens is 1. The van der Waals surface area contributed by atoms with Gasteiger partial charge in [0.25, 0.3) is 0 Å². The molecule has 0 unspecified atom stereocenters. The highest BCUT2D eigenvalue weighted by atomic mass is 19.1. The highest BCUT2D eigenvalue weighted by molar-refractivity contribution is 5.40. The minimum Gasteiger partial charge on any atom is -0.439 e. The van der Waals surface area contributed by atoms with E-state index in [1.807, 2.05) is 6.92 Å². The first-order chi connectivity index (χ1) is 9.74. The summed E-state index contributed by atoms with van der Waals surface area (Å²) in [6, 6.07) is 7.66. The number of ether oxygens (including phenoxy) is 1. The molecule has 0 saturated heterocycles. The topological polar surface area (TPSA) is 47.0 Å². The van der Waals surface area contributed by atoms with Crippen molar-refractivity contribution in [2.75, 3.05) is 11.9 Å². The minimum atomic E-state index is -0.285. The Hall–Kier alpha value is -2.17. The molecule has 1 saturated carbocycles. The van der Waals surface area contributed by atoms with E-state index in [0.717, 1.165) is 31.0 Å². The number of rotatable bonds is 5. The van der Waals surface area contributed by atoms with Gasteiger partial charge in [-0.1, -0.05) is 0 Å². The molecule has 1 aromatic heterocycles. The lowest BCUT2D eigenvalue weighted by atomic mass is 10.3. The number of aromatic nitrogens is 2. The molecule has 0 bridgehead atoms. The second kappa shape index (κ2) is 5.45. The van der Waals surface area contributed by atoms with E-state index in [-0.39, 0.29) is 5.82 Å². The molecule has 104 valence electrons. The Bertz CT molecular complexity index is 597. The molecule has 1 aliphatic rings. The number of nitrogens with one attached hydrogen (secondary N) is 1. The molecule has 0 aliphatic heterocycles. The monoisotopic (exact) mass is 273 g/mol. The van der Waals surface area contributed by atoms with Gasteiger partial charge in [-0.05, 0) is 44.0 Å². The first-order valence-corrected chi connectivity index (χ1v) is 6.81. The largest absolute Gasteiger partial charge is 0.439 e. The first kappa shape index (κ1) is 12.8. The molecule has 4 nitrogen and oxygen atoms in total. The van der Waals surface area contributed by atoms with Crippen LogP contribution in [0.5, 0.6) is 11.6 Å². The van der Waals surface area contributed by atoms with Gasteiger partial charge in [0.15, 0.2) is 0 Å². The normalized spacial score (nSPS) is 14.1. The van der Waals surface area contributed by atoms with Crippen LogP contribution in [0.3, 0.4) is 0 Å². The van der Waals surface area contributed by atoms with E-state index in [2.05, 4.69) is 15.3 Å². The predicted molar refractivity (Wildman–Crippen MR) is 74.6 cm³/mol. The Morgan fingerprint density at radius 3 is 2.65 bits per heavy atom. The summed E-state index contributed by atoms with van der Waals surface area (Å²) < 4.78 is 18.6. The average Bonchev–Trinajstić information content (AvgIpc) is 3.26. The van der Waals surface area contributed by atoms with E-state index in [9.17, 15) is 4.39 Å². The van der Waals surface area contributed by atoms with Gasteiger partial charge in [0, 0.05) is 18.5 Å². The molecular formula is C15H16FN3O. The van der Waals surface area contributed by atoms with Crippen LogP contribution < -0.4 is 10.1 Å². The van der Waals surface area contributed by atoms with Crippen molar-refractivity contribution in [1.29, 1.82) is 0 Å². The number of hydrogen-bond acceptors (Lipinski definition) is 4. The molecule has 3 rings (SSSR count). The predicted octanol–water partition coefficient (Wildman–Crippen LogP) is 3.72. The third-order valence-electron chi connectivity index (χ3n) is 3.06. The second-order valence-electron chi connectivity index (χ2n) is 4.81. The van der Waals surface area contributed by atoms with Crippen LogP contribution in [-0.4, -0.2) is 16.5 Å². The van der Waals surface area contributed by atoms with Crippen molar-refractivity contribution in [3.8, 4) is 11.6 Å². The SMILES string of the molecule is CCNc1cc(Oc2ccc(F)cc2)nc(C2CC2)n1. The molecule has 0 radical (unpaired) electrons. The van der Waals surface area contributed by atoms with Crippen LogP contribution in [0, 0.1) is 5.82 Å². The molecule has 1 aromatic carbocycles. The van der Waals surface area contributed by atoms with E-state index in [1.165, 1.54) is 12.1 Å². The van der Waals surface area contributed by atoms with Crippen LogP contribution in [0.1, 0.15) is 31.5 Å². The molecule has 1 heterocycles. The molecule has 1 N–H and O–H groups in total. The number of hydrogen-bond donors (Lipinski definition) is 1. The Morgan fingerprint density at radius 1 is 1.25 bits per heavy atom. The van der Waals surface area contributed by atoms with E-state index < -0.39 is 0 Å². The zero-order valence-electron chi connectivity index (χ0n) is 11.3. The van der Waals surface area contributed by atoms with Crippen molar-refractivity contribution in [3.05, 3.63) is 42.0 Å². The maximum Gasteiger partial charge on any atom is 0.224 e. The zero-order chi connectivity index (χ0) is 13.9. The standard InChI is InChI=1S/C15H16FN3O/c1-2-17-13-9-14(19-15(18-13)10-3-4-10)20-12-7-5-11(16)6-8-12/h5-10H,2-4H2,1H3,(H,17,18,19). The Labute approximate surface area is 117 Å². The molecule has 2 aromatic rings. The quantitative estimate of drug-likeness (QED) is 0.902. The van der Waals surface area contributed by atoms with Crippen LogP contribution in [0.15, 0.2) is 30.3 Å².